The van der Waals surface area contributed by atoms with E-state index in [0.29, 0.717) is 5.69 Å². The van der Waals surface area contributed by atoms with E-state index >= 15 is 0 Å². The molecule has 0 aliphatic carbocycles. The lowest BCUT2D eigenvalue weighted by Gasteiger charge is -2.05. The Morgan fingerprint density at radius 2 is 1.95 bits per heavy atom. The van der Waals surface area contributed by atoms with Crippen LogP contribution in [0.1, 0.15) is 16.2 Å². The predicted molar refractivity (Wildman–Crippen MR) is 60.2 cm³/mol. The molecule has 0 saturated carbocycles. The Kier molecular flexibility index (Phi) is 3.37. The first-order valence-electron chi connectivity index (χ1n) is 5.17. The molecule has 0 atom stereocenters. The normalized spacial score (nSPS) is 10.3. The SMILES string of the molecule is Cc1cc(C(=O)O)nc(Oc2ccc(F)c(F)c2)n1. The van der Waals surface area contributed by atoms with Gasteiger partial charge in [0.15, 0.2) is 17.3 Å². The Bertz CT molecular complexity index is 647. The topological polar surface area (TPSA) is 72.3 Å². The fraction of sp³-hybridized carbons (Fsp3) is 0.0833. The molecule has 98 valence electrons. The van der Waals surface area contributed by atoms with E-state index in [1.165, 1.54) is 12.1 Å². The summed E-state index contributed by atoms with van der Waals surface area (Å²) in [6.45, 7) is 1.56. The zero-order valence-corrected chi connectivity index (χ0v) is 9.72. The summed E-state index contributed by atoms with van der Waals surface area (Å²) < 4.78 is 30.8. The van der Waals surface area contributed by atoms with Crippen molar-refractivity contribution < 1.29 is 23.4 Å². The molecule has 1 aromatic heterocycles. The van der Waals surface area contributed by atoms with Gasteiger partial charge in [0.05, 0.1) is 0 Å². The van der Waals surface area contributed by atoms with Crippen LogP contribution in [0.15, 0.2) is 24.3 Å². The largest absolute Gasteiger partial charge is 0.477 e. The van der Waals surface area contributed by atoms with Gasteiger partial charge < -0.3 is 9.84 Å². The third kappa shape index (κ3) is 3.01. The average molecular weight is 266 g/mol. The van der Waals surface area contributed by atoms with Crippen LogP contribution in [0, 0.1) is 18.6 Å². The molecular formula is C12H8F2N2O3. The van der Waals surface area contributed by atoms with Gasteiger partial charge in [-0.1, -0.05) is 0 Å². The van der Waals surface area contributed by atoms with Crippen molar-refractivity contribution in [1.82, 2.24) is 9.97 Å². The predicted octanol–water partition coefficient (Wildman–Crippen LogP) is 2.55. The number of aromatic nitrogens is 2. The van der Waals surface area contributed by atoms with Gasteiger partial charge in [-0.25, -0.2) is 18.6 Å². The number of hydrogen-bond donors (Lipinski definition) is 1. The highest BCUT2D eigenvalue weighted by Crippen LogP contribution is 2.20. The summed E-state index contributed by atoms with van der Waals surface area (Å²) in [5, 5.41) is 8.82. The number of hydrogen-bond acceptors (Lipinski definition) is 4. The third-order valence-electron chi connectivity index (χ3n) is 2.15. The van der Waals surface area contributed by atoms with E-state index in [1.807, 2.05) is 0 Å². The first-order valence-corrected chi connectivity index (χ1v) is 5.17. The van der Waals surface area contributed by atoms with Crippen LogP contribution in [0.4, 0.5) is 8.78 Å². The van der Waals surface area contributed by atoms with E-state index < -0.39 is 17.6 Å². The van der Waals surface area contributed by atoms with Gasteiger partial charge >= 0.3 is 12.0 Å². The van der Waals surface area contributed by atoms with Crippen molar-refractivity contribution in [3.63, 3.8) is 0 Å². The molecule has 2 rings (SSSR count). The fourth-order valence-corrected chi connectivity index (χ4v) is 1.34. The lowest BCUT2D eigenvalue weighted by atomic mass is 10.3. The van der Waals surface area contributed by atoms with Crippen LogP contribution in [-0.2, 0) is 0 Å². The zero-order chi connectivity index (χ0) is 14.0. The molecular weight excluding hydrogens is 258 g/mol. The first-order chi connectivity index (χ1) is 8.95. The monoisotopic (exact) mass is 266 g/mol. The van der Waals surface area contributed by atoms with Gasteiger partial charge in [-0.05, 0) is 25.1 Å². The molecule has 19 heavy (non-hydrogen) atoms. The summed E-state index contributed by atoms with van der Waals surface area (Å²) >= 11 is 0. The Labute approximate surface area is 106 Å². The van der Waals surface area contributed by atoms with Crippen molar-refractivity contribution in [3.05, 3.63) is 47.3 Å². The van der Waals surface area contributed by atoms with Crippen LogP contribution in [0.25, 0.3) is 0 Å². The van der Waals surface area contributed by atoms with Crippen molar-refractivity contribution in [2.45, 2.75) is 6.92 Å². The van der Waals surface area contributed by atoms with E-state index in [1.54, 1.807) is 6.92 Å². The quantitative estimate of drug-likeness (QED) is 0.924. The molecule has 0 aliphatic rings. The highest BCUT2D eigenvalue weighted by molar-refractivity contribution is 5.85. The molecule has 7 heteroatoms. The third-order valence-corrected chi connectivity index (χ3v) is 2.15. The summed E-state index contributed by atoms with van der Waals surface area (Å²) in [5.41, 5.74) is 0.134. The maximum absolute atomic E-state index is 13.0. The summed E-state index contributed by atoms with van der Waals surface area (Å²) in [5.74, 6) is -3.35. The highest BCUT2D eigenvalue weighted by Gasteiger charge is 2.11. The van der Waals surface area contributed by atoms with Gasteiger partial charge in [-0.2, -0.15) is 4.98 Å². The molecule has 2 aromatic rings. The molecule has 0 radical (unpaired) electrons. The Morgan fingerprint density at radius 3 is 2.58 bits per heavy atom. The van der Waals surface area contributed by atoms with Gasteiger partial charge in [0, 0.05) is 11.8 Å². The van der Waals surface area contributed by atoms with Gasteiger partial charge in [-0.15, -0.1) is 0 Å². The van der Waals surface area contributed by atoms with Crippen LogP contribution in [0.2, 0.25) is 0 Å². The molecule has 0 unspecified atom stereocenters. The van der Waals surface area contributed by atoms with Crippen LogP contribution >= 0.6 is 0 Å². The number of aryl methyl sites for hydroxylation is 1. The minimum atomic E-state index is -1.24. The molecule has 0 amide bonds. The number of ether oxygens (including phenoxy) is 1. The molecule has 5 nitrogen and oxygen atoms in total. The summed E-state index contributed by atoms with van der Waals surface area (Å²) in [4.78, 5) is 18.3. The second kappa shape index (κ2) is 4.97. The number of carbonyl (C=O) groups is 1. The van der Waals surface area contributed by atoms with Crippen molar-refractivity contribution in [3.8, 4) is 11.8 Å². The smallest absolute Gasteiger partial charge is 0.354 e. The Morgan fingerprint density at radius 1 is 1.21 bits per heavy atom. The van der Waals surface area contributed by atoms with Crippen LogP contribution in [0.5, 0.6) is 11.8 Å². The van der Waals surface area contributed by atoms with Crippen molar-refractivity contribution in [2.24, 2.45) is 0 Å². The standard InChI is InChI=1S/C12H8F2N2O3/c1-6-4-10(11(17)18)16-12(15-6)19-7-2-3-8(13)9(14)5-7/h2-5H,1H3,(H,17,18). The highest BCUT2D eigenvalue weighted by atomic mass is 19.2. The van der Waals surface area contributed by atoms with E-state index in [-0.39, 0.29) is 17.5 Å². The van der Waals surface area contributed by atoms with Gasteiger partial charge in [0.2, 0.25) is 0 Å². The van der Waals surface area contributed by atoms with E-state index in [4.69, 9.17) is 9.84 Å². The maximum atomic E-state index is 13.0. The van der Waals surface area contributed by atoms with Crippen molar-refractivity contribution in [1.29, 1.82) is 0 Å². The minimum absolute atomic E-state index is 0.0270. The number of aromatic carboxylic acids is 1. The van der Waals surface area contributed by atoms with Crippen LogP contribution in [-0.4, -0.2) is 21.0 Å². The Balaban J connectivity index is 2.32. The molecule has 0 bridgehead atoms. The number of halogens is 2. The summed E-state index contributed by atoms with van der Waals surface area (Å²) in [6.07, 6.45) is 0. The van der Waals surface area contributed by atoms with Crippen molar-refractivity contribution >= 4 is 5.97 Å². The van der Waals surface area contributed by atoms with Gasteiger partial charge in [0.25, 0.3) is 0 Å². The molecule has 1 aromatic carbocycles. The lowest BCUT2D eigenvalue weighted by Crippen LogP contribution is -2.04. The van der Waals surface area contributed by atoms with Gasteiger partial charge in [-0.3, -0.25) is 0 Å². The van der Waals surface area contributed by atoms with E-state index in [2.05, 4.69) is 9.97 Å². The lowest BCUT2D eigenvalue weighted by molar-refractivity contribution is 0.0689. The van der Waals surface area contributed by atoms with Crippen molar-refractivity contribution in [2.75, 3.05) is 0 Å². The number of benzene rings is 1. The van der Waals surface area contributed by atoms with Crippen LogP contribution in [0.3, 0.4) is 0 Å². The van der Waals surface area contributed by atoms with Gasteiger partial charge in [0.1, 0.15) is 5.75 Å². The molecule has 0 spiro atoms. The molecule has 0 aliphatic heterocycles. The Hall–Kier alpha value is -2.57. The molecule has 1 N–H and O–H groups in total. The summed E-state index contributed by atoms with van der Waals surface area (Å²) in [6, 6.07) is 3.91. The zero-order valence-electron chi connectivity index (χ0n) is 9.72. The van der Waals surface area contributed by atoms with Crippen LogP contribution < -0.4 is 4.74 Å². The summed E-state index contributed by atoms with van der Waals surface area (Å²) in [7, 11) is 0. The number of rotatable bonds is 3. The second-order valence-electron chi connectivity index (χ2n) is 3.66. The number of carboxylic acids is 1. The minimum Gasteiger partial charge on any atom is -0.477 e. The fourth-order valence-electron chi connectivity index (χ4n) is 1.34. The molecule has 0 fully saturated rings. The average Bonchev–Trinajstić information content (AvgIpc) is 2.33. The molecule has 1 heterocycles. The van der Waals surface area contributed by atoms with E-state index in [9.17, 15) is 13.6 Å². The maximum Gasteiger partial charge on any atom is 0.354 e. The number of nitrogens with zero attached hydrogens (tertiary/aromatic N) is 2. The first kappa shape index (κ1) is 12.9. The number of carboxylic acid groups (broad SMARTS) is 1. The second-order valence-corrected chi connectivity index (χ2v) is 3.66. The molecule has 0 saturated heterocycles. The van der Waals surface area contributed by atoms with E-state index in [0.717, 1.165) is 12.1 Å².